The molecule has 2 heterocycles. The molecule has 1 aliphatic heterocycles. The zero-order valence-corrected chi connectivity index (χ0v) is 23.8. The Morgan fingerprint density at radius 2 is 1.51 bits per heavy atom. The van der Waals surface area contributed by atoms with Gasteiger partial charge in [0, 0.05) is 11.8 Å². The molecule has 1 aromatic heterocycles. The molecule has 0 amide bonds. The van der Waals surface area contributed by atoms with Gasteiger partial charge in [-0.2, -0.15) is 0 Å². The number of aromatic amines is 1. The maximum absolute atomic E-state index is 16.3. The topological polar surface area (TPSA) is 112 Å². The average molecular weight is 587 g/mol. The van der Waals surface area contributed by atoms with Gasteiger partial charge in [-0.25, -0.2) is 9.18 Å². The molecule has 1 aliphatic rings. The predicted octanol–water partition coefficient (Wildman–Crippen LogP) is 3.47. The van der Waals surface area contributed by atoms with Crippen LogP contribution in [0.5, 0.6) is 11.5 Å². The lowest BCUT2D eigenvalue weighted by atomic mass is 9.80. The Kier molecular flexibility index (Phi) is 8.24. The van der Waals surface area contributed by atoms with E-state index < -0.39 is 41.0 Å². The zero-order valence-electron chi connectivity index (χ0n) is 23.8. The Hall–Kier alpha value is -4.69. The molecular formula is C33H31FN2O7. The Balaban J connectivity index is 1.60. The fourth-order valence-corrected chi connectivity index (χ4v) is 5.35. The van der Waals surface area contributed by atoms with Crippen molar-refractivity contribution in [1.29, 1.82) is 0 Å². The number of aliphatic hydroxyl groups excluding tert-OH is 1. The molecule has 0 radical (unpaired) electrons. The lowest BCUT2D eigenvalue weighted by Crippen LogP contribution is -2.45. The molecule has 1 saturated heterocycles. The molecule has 0 saturated carbocycles. The first-order valence-electron chi connectivity index (χ1n) is 13.5. The number of alkyl halides is 1. The van der Waals surface area contributed by atoms with E-state index in [1.807, 2.05) is 60.5 Å². The van der Waals surface area contributed by atoms with Crippen LogP contribution in [0, 0.1) is 19.3 Å². The van der Waals surface area contributed by atoms with Gasteiger partial charge >= 0.3 is 5.69 Å². The highest BCUT2D eigenvalue weighted by atomic mass is 19.1. The van der Waals surface area contributed by atoms with Crippen molar-refractivity contribution in [2.24, 2.45) is 0 Å². The second kappa shape index (κ2) is 11.9. The van der Waals surface area contributed by atoms with E-state index in [0.717, 1.165) is 16.3 Å². The van der Waals surface area contributed by atoms with E-state index in [1.165, 1.54) is 6.92 Å². The quantitative estimate of drug-likeness (QED) is 0.228. The van der Waals surface area contributed by atoms with Crippen molar-refractivity contribution in [2.75, 3.05) is 20.8 Å². The predicted molar refractivity (Wildman–Crippen MR) is 157 cm³/mol. The molecule has 5 rings (SSSR count). The Bertz CT molecular complexity index is 1680. The molecule has 10 heteroatoms. The van der Waals surface area contributed by atoms with E-state index in [1.54, 1.807) is 38.5 Å². The van der Waals surface area contributed by atoms with E-state index in [-0.39, 0.29) is 12.2 Å². The van der Waals surface area contributed by atoms with Gasteiger partial charge in [0.15, 0.2) is 6.23 Å². The van der Waals surface area contributed by atoms with Crippen LogP contribution in [0.2, 0.25) is 0 Å². The number of benzene rings is 3. The highest BCUT2D eigenvalue weighted by Crippen LogP contribution is 2.45. The van der Waals surface area contributed by atoms with Gasteiger partial charge in [0.1, 0.15) is 29.3 Å². The number of aliphatic hydroxyl groups is 1. The molecular weight excluding hydrogens is 555 g/mol. The van der Waals surface area contributed by atoms with Crippen molar-refractivity contribution in [3.63, 3.8) is 0 Å². The summed E-state index contributed by atoms with van der Waals surface area (Å²) in [6.07, 6.45) is 1.81. The minimum Gasteiger partial charge on any atom is -0.497 e. The molecule has 43 heavy (non-hydrogen) atoms. The molecule has 3 aromatic carbocycles. The third-order valence-corrected chi connectivity index (χ3v) is 7.70. The molecule has 0 unspecified atom stereocenters. The number of methoxy groups -OCH3 is 2. The van der Waals surface area contributed by atoms with Gasteiger partial charge in [0.05, 0.1) is 20.8 Å². The molecule has 4 aromatic rings. The van der Waals surface area contributed by atoms with Crippen LogP contribution in [0.25, 0.3) is 0 Å². The van der Waals surface area contributed by atoms with Crippen LogP contribution in [0.4, 0.5) is 4.39 Å². The number of hydrogen-bond donors (Lipinski definition) is 2. The molecule has 0 aliphatic carbocycles. The van der Waals surface area contributed by atoms with Crippen molar-refractivity contribution in [2.45, 2.75) is 36.6 Å². The Morgan fingerprint density at radius 3 is 2.02 bits per heavy atom. The number of rotatable bonds is 9. The molecule has 0 bridgehead atoms. The smallest absolute Gasteiger partial charge is 0.330 e. The van der Waals surface area contributed by atoms with E-state index in [0.29, 0.717) is 22.6 Å². The first-order chi connectivity index (χ1) is 20.7. The third-order valence-electron chi connectivity index (χ3n) is 7.70. The molecule has 4 atom stereocenters. The van der Waals surface area contributed by atoms with Crippen molar-refractivity contribution in [1.82, 2.24) is 9.55 Å². The van der Waals surface area contributed by atoms with Crippen LogP contribution >= 0.6 is 0 Å². The minimum atomic E-state index is -2.81. The minimum absolute atomic E-state index is 0.138. The summed E-state index contributed by atoms with van der Waals surface area (Å²) in [6.45, 7) is 1.11. The SMILES string of the molecule is C#C[C@@]1(F)[C@H](O)[C@@H](COC(c2ccccc2)(c2ccc(OC)cc2)c2ccc(OC)cc2)O[C@H]1n1cc(C)c(=O)[nH]c1=O. The van der Waals surface area contributed by atoms with Crippen LogP contribution in [0.3, 0.4) is 0 Å². The highest BCUT2D eigenvalue weighted by Gasteiger charge is 2.58. The summed E-state index contributed by atoms with van der Waals surface area (Å²) in [7, 11) is 3.14. The third kappa shape index (κ3) is 5.23. The van der Waals surface area contributed by atoms with Gasteiger partial charge in [-0.3, -0.25) is 14.3 Å². The van der Waals surface area contributed by atoms with Gasteiger partial charge < -0.3 is 24.1 Å². The van der Waals surface area contributed by atoms with E-state index in [9.17, 15) is 14.7 Å². The number of aromatic nitrogens is 2. The van der Waals surface area contributed by atoms with Crippen molar-refractivity contribution in [3.8, 4) is 23.8 Å². The van der Waals surface area contributed by atoms with Gasteiger partial charge in [-0.05, 0) is 47.9 Å². The van der Waals surface area contributed by atoms with Crippen LogP contribution in [-0.4, -0.2) is 53.4 Å². The first kappa shape index (κ1) is 29.8. The van der Waals surface area contributed by atoms with Gasteiger partial charge in [0.25, 0.3) is 5.56 Å². The maximum atomic E-state index is 16.3. The number of halogens is 1. The van der Waals surface area contributed by atoms with Crippen LogP contribution in [0.1, 0.15) is 28.5 Å². The van der Waals surface area contributed by atoms with Crippen molar-refractivity contribution < 1.29 is 28.4 Å². The number of hydrogen-bond acceptors (Lipinski definition) is 7. The van der Waals surface area contributed by atoms with E-state index in [2.05, 4.69) is 4.98 Å². The van der Waals surface area contributed by atoms with Crippen LogP contribution in [0.15, 0.2) is 94.6 Å². The Morgan fingerprint density at radius 1 is 0.977 bits per heavy atom. The standard InChI is InChI=1S/C33H31FN2O7/c1-5-32(34)28(37)27(43-30(32)36-19-21(2)29(38)35-31(36)39)20-42-33(22-9-7-6-8-10-22,23-11-15-25(40-3)16-12-23)24-13-17-26(41-4)18-14-24/h1,6-19,27-28,30,37H,20H2,2-4H3,(H,35,38,39)/t27-,28-,30-,32-/m1/s1. The van der Waals surface area contributed by atoms with Crippen LogP contribution in [-0.2, 0) is 15.1 Å². The summed E-state index contributed by atoms with van der Waals surface area (Å²) < 4.78 is 40.5. The number of aryl methyl sites for hydroxylation is 1. The average Bonchev–Trinajstić information content (AvgIpc) is 3.29. The molecule has 2 N–H and O–H groups in total. The lowest BCUT2D eigenvalue weighted by molar-refractivity contribution is -0.0959. The lowest BCUT2D eigenvalue weighted by Gasteiger charge is -2.37. The summed E-state index contributed by atoms with van der Waals surface area (Å²) in [5.41, 5.74) is -3.34. The zero-order chi connectivity index (χ0) is 30.8. The summed E-state index contributed by atoms with van der Waals surface area (Å²) in [4.78, 5) is 26.7. The van der Waals surface area contributed by atoms with Gasteiger partial charge in [-0.15, -0.1) is 6.42 Å². The second-order valence-corrected chi connectivity index (χ2v) is 10.2. The summed E-state index contributed by atoms with van der Waals surface area (Å²) in [5.74, 6) is 3.24. The summed E-state index contributed by atoms with van der Waals surface area (Å²) in [6, 6.07) is 24.0. The van der Waals surface area contributed by atoms with Gasteiger partial charge in [0.2, 0.25) is 5.67 Å². The van der Waals surface area contributed by atoms with Crippen molar-refractivity contribution in [3.05, 3.63) is 128 Å². The fraction of sp³-hybridized carbons (Fsp3) is 0.273. The second-order valence-electron chi connectivity index (χ2n) is 10.2. The van der Waals surface area contributed by atoms with Gasteiger partial charge in [-0.1, -0.05) is 60.5 Å². The van der Waals surface area contributed by atoms with E-state index >= 15 is 4.39 Å². The molecule has 9 nitrogen and oxygen atoms in total. The molecule has 0 spiro atoms. The highest BCUT2D eigenvalue weighted by molar-refractivity contribution is 5.49. The van der Waals surface area contributed by atoms with Crippen LogP contribution < -0.4 is 20.7 Å². The number of ether oxygens (including phenoxy) is 4. The monoisotopic (exact) mass is 586 g/mol. The Labute approximate surface area is 247 Å². The molecule has 1 fully saturated rings. The largest absolute Gasteiger partial charge is 0.497 e. The van der Waals surface area contributed by atoms with E-state index in [4.69, 9.17) is 25.4 Å². The number of terminal acetylenes is 1. The molecule has 222 valence electrons. The fourth-order valence-electron chi connectivity index (χ4n) is 5.35. The normalized spacial score (nSPS) is 21.7. The number of nitrogens with one attached hydrogen (secondary N) is 1. The summed E-state index contributed by atoms with van der Waals surface area (Å²) >= 11 is 0. The van der Waals surface area contributed by atoms with Crippen molar-refractivity contribution >= 4 is 0 Å². The number of nitrogens with zero attached hydrogens (tertiary/aromatic N) is 1. The number of H-pyrrole nitrogens is 1. The maximum Gasteiger partial charge on any atom is 0.330 e. The summed E-state index contributed by atoms with van der Waals surface area (Å²) in [5, 5.41) is 11.2. The first-order valence-corrected chi connectivity index (χ1v) is 13.5.